The van der Waals surface area contributed by atoms with E-state index >= 15 is 0 Å². The van der Waals surface area contributed by atoms with Gasteiger partial charge >= 0.3 is 0 Å². The van der Waals surface area contributed by atoms with E-state index in [1.165, 1.54) is 12.7 Å². The first-order valence-electron chi connectivity index (χ1n) is 9.53. The molecule has 2 saturated heterocycles. The van der Waals surface area contributed by atoms with Crippen molar-refractivity contribution in [3.8, 4) is 5.75 Å². The Morgan fingerprint density at radius 1 is 1.18 bits per heavy atom. The number of nitrogens with one attached hydrogen (secondary N) is 1. The van der Waals surface area contributed by atoms with E-state index in [9.17, 15) is 4.79 Å². The van der Waals surface area contributed by atoms with Crippen molar-refractivity contribution < 1.29 is 9.53 Å². The van der Waals surface area contributed by atoms with E-state index in [-0.39, 0.29) is 11.9 Å². The molecule has 6 nitrogen and oxygen atoms in total. The average molecular weight is 401 g/mol. The van der Waals surface area contributed by atoms with Gasteiger partial charge in [-0.25, -0.2) is 10.0 Å². The van der Waals surface area contributed by atoms with E-state index < -0.39 is 0 Å². The Kier molecular flexibility index (Phi) is 5.44. The summed E-state index contributed by atoms with van der Waals surface area (Å²) in [5, 5.41) is 8.18. The number of methoxy groups -OCH3 is 1. The number of nitrogens with two attached hydrogens (primary N) is 1. The molecule has 0 bridgehead atoms. The quantitative estimate of drug-likeness (QED) is 0.772. The Labute approximate surface area is 170 Å². The molecule has 2 aliphatic rings. The van der Waals surface area contributed by atoms with Crippen molar-refractivity contribution in [1.29, 1.82) is 0 Å². The molecule has 1 amide bonds. The topological polar surface area (TPSA) is 70.8 Å². The molecular weight excluding hydrogens is 376 g/mol. The summed E-state index contributed by atoms with van der Waals surface area (Å²) in [4.78, 5) is 12.8. The summed E-state index contributed by atoms with van der Waals surface area (Å²) < 4.78 is 5.30. The summed E-state index contributed by atoms with van der Waals surface area (Å²) in [6.07, 6.45) is 1.13. The van der Waals surface area contributed by atoms with Gasteiger partial charge in [0, 0.05) is 32.2 Å². The van der Waals surface area contributed by atoms with Crippen LogP contribution in [0.1, 0.15) is 28.3 Å². The van der Waals surface area contributed by atoms with E-state index in [1.54, 1.807) is 12.1 Å². The minimum Gasteiger partial charge on any atom is -0.496 e. The summed E-state index contributed by atoms with van der Waals surface area (Å²) in [7, 11) is 1.52. The predicted molar refractivity (Wildman–Crippen MR) is 111 cm³/mol. The van der Waals surface area contributed by atoms with Gasteiger partial charge in [0.2, 0.25) is 0 Å². The van der Waals surface area contributed by atoms with Crippen molar-refractivity contribution in [3.63, 3.8) is 0 Å². The minimum atomic E-state index is -0.190. The number of anilines is 1. The number of rotatable bonds is 4. The summed E-state index contributed by atoms with van der Waals surface area (Å²) in [5.41, 5.74) is 8.00. The number of fused-ring (bicyclic) bond motifs is 1. The molecule has 2 aromatic carbocycles. The fourth-order valence-corrected chi connectivity index (χ4v) is 4.30. The number of halogens is 1. The normalized spacial score (nSPS) is 22.6. The maximum atomic E-state index is 12.8. The van der Waals surface area contributed by atoms with Gasteiger partial charge < -0.3 is 15.8 Å². The number of carbonyl (C=O) groups is 1. The summed E-state index contributed by atoms with van der Waals surface area (Å²) in [6.45, 7) is 3.61. The van der Waals surface area contributed by atoms with Crippen LogP contribution in [-0.4, -0.2) is 55.3 Å². The number of ether oxygens (including phenoxy) is 1. The van der Waals surface area contributed by atoms with E-state index in [1.807, 2.05) is 0 Å². The molecule has 28 heavy (non-hydrogen) atoms. The largest absolute Gasteiger partial charge is 0.496 e. The van der Waals surface area contributed by atoms with Crippen LogP contribution in [0.3, 0.4) is 0 Å². The van der Waals surface area contributed by atoms with Gasteiger partial charge in [-0.05, 0) is 24.0 Å². The van der Waals surface area contributed by atoms with Crippen molar-refractivity contribution in [2.75, 3.05) is 39.0 Å². The standard InChI is InChI=1S/C21H25ClN4O2/c1-28-20-10-19(23)18(22)9-17(20)21(27)24-16-12-25-8-7-15(11-26(25)13-16)14-5-3-2-4-6-14/h2-6,9-10,15-16H,7-8,11-13,23H2,1H3,(H,24,27). The predicted octanol–water partition coefficient (Wildman–Crippen LogP) is 2.75. The fraction of sp³-hybridized carbons (Fsp3) is 0.381. The second kappa shape index (κ2) is 7.99. The molecule has 2 aromatic rings. The van der Waals surface area contributed by atoms with Crippen molar-refractivity contribution in [3.05, 3.63) is 58.6 Å². The maximum Gasteiger partial charge on any atom is 0.255 e. The van der Waals surface area contributed by atoms with Crippen LogP contribution >= 0.6 is 11.6 Å². The first kappa shape index (κ1) is 19.1. The highest BCUT2D eigenvalue weighted by Crippen LogP contribution is 2.31. The van der Waals surface area contributed by atoms with Gasteiger partial charge in [-0.2, -0.15) is 0 Å². The fourth-order valence-electron chi connectivity index (χ4n) is 4.14. The van der Waals surface area contributed by atoms with Crippen molar-refractivity contribution in [1.82, 2.24) is 15.3 Å². The number of benzene rings is 2. The Morgan fingerprint density at radius 3 is 2.68 bits per heavy atom. The lowest BCUT2D eigenvalue weighted by Crippen LogP contribution is -2.44. The van der Waals surface area contributed by atoms with Crippen LogP contribution in [-0.2, 0) is 0 Å². The van der Waals surface area contributed by atoms with Crippen LogP contribution in [0.25, 0.3) is 0 Å². The number of nitrogen functional groups attached to an aromatic ring is 1. The zero-order chi connectivity index (χ0) is 19.7. The molecule has 3 N–H and O–H groups in total. The SMILES string of the molecule is COc1cc(N)c(Cl)cc1C(=O)NC1CN2CCC(c3ccccc3)CN2C1. The molecular formula is C21H25ClN4O2. The molecule has 2 atom stereocenters. The Hall–Kier alpha value is -2.28. The Balaban J connectivity index is 1.41. The van der Waals surface area contributed by atoms with Gasteiger partial charge in [-0.3, -0.25) is 4.79 Å². The number of nitrogens with zero attached hydrogens (tertiary/aromatic N) is 2. The molecule has 2 heterocycles. The van der Waals surface area contributed by atoms with E-state index in [4.69, 9.17) is 22.1 Å². The Bertz CT molecular complexity index is 861. The minimum absolute atomic E-state index is 0.0584. The molecule has 7 heteroatoms. The first-order chi connectivity index (χ1) is 13.5. The third-order valence-electron chi connectivity index (χ3n) is 5.60. The lowest BCUT2D eigenvalue weighted by atomic mass is 9.94. The first-order valence-corrected chi connectivity index (χ1v) is 9.91. The number of hydrogen-bond donors (Lipinski definition) is 2. The van der Waals surface area contributed by atoms with Crippen molar-refractivity contribution in [2.45, 2.75) is 18.4 Å². The van der Waals surface area contributed by atoms with E-state index in [0.29, 0.717) is 27.9 Å². The highest BCUT2D eigenvalue weighted by Gasteiger charge is 2.36. The number of amides is 1. The van der Waals surface area contributed by atoms with Crippen LogP contribution in [0.2, 0.25) is 5.02 Å². The summed E-state index contributed by atoms with van der Waals surface area (Å²) in [6, 6.07) is 13.9. The molecule has 148 valence electrons. The van der Waals surface area contributed by atoms with Gasteiger partial charge in [0.1, 0.15) is 5.75 Å². The van der Waals surface area contributed by atoms with Crippen LogP contribution < -0.4 is 15.8 Å². The third-order valence-corrected chi connectivity index (χ3v) is 5.93. The molecule has 0 spiro atoms. The molecule has 4 rings (SSSR count). The van der Waals surface area contributed by atoms with Gasteiger partial charge in [0.05, 0.1) is 29.4 Å². The monoisotopic (exact) mass is 400 g/mol. The number of hydrogen-bond acceptors (Lipinski definition) is 5. The van der Waals surface area contributed by atoms with Crippen molar-refractivity contribution >= 4 is 23.2 Å². The zero-order valence-corrected chi connectivity index (χ0v) is 16.7. The summed E-state index contributed by atoms with van der Waals surface area (Å²) >= 11 is 6.10. The zero-order valence-electron chi connectivity index (χ0n) is 15.9. The highest BCUT2D eigenvalue weighted by molar-refractivity contribution is 6.33. The Morgan fingerprint density at radius 2 is 1.93 bits per heavy atom. The van der Waals surface area contributed by atoms with Crippen LogP contribution in [0.5, 0.6) is 5.75 Å². The van der Waals surface area contributed by atoms with Crippen molar-refractivity contribution in [2.24, 2.45) is 0 Å². The number of hydrazine groups is 1. The second-order valence-electron chi connectivity index (χ2n) is 7.42. The molecule has 2 unspecified atom stereocenters. The van der Waals surface area contributed by atoms with Gasteiger partial charge in [-0.15, -0.1) is 0 Å². The second-order valence-corrected chi connectivity index (χ2v) is 7.83. The van der Waals surface area contributed by atoms with Gasteiger partial charge in [0.25, 0.3) is 5.91 Å². The lowest BCUT2D eigenvalue weighted by molar-refractivity contribution is -0.0107. The van der Waals surface area contributed by atoms with Gasteiger partial charge in [0.15, 0.2) is 0 Å². The highest BCUT2D eigenvalue weighted by atomic mass is 35.5. The van der Waals surface area contributed by atoms with Crippen LogP contribution in [0, 0.1) is 0 Å². The number of carbonyl (C=O) groups excluding carboxylic acids is 1. The van der Waals surface area contributed by atoms with Crippen LogP contribution in [0.15, 0.2) is 42.5 Å². The van der Waals surface area contributed by atoms with E-state index in [0.717, 1.165) is 32.6 Å². The lowest BCUT2D eigenvalue weighted by Gasteiger charge is -2.37. The molecule has 0 aromatic heterocycles. The molecule has 0 radical (unpaired) electrons. The summed E-state index contributed by atoms with van der Waals surface area (Å²) in [5.74, 6) is 0.770. The third kappa shape index (κ3) is 3.81. The molecule has 2 fully saturated rings. The molecule has 0 saturated carbocycles. The maximum absolute atomic E-state index is 12.8. The van der Waals surface area contributed by atoms with Crippen LogP contribution in [0.4, 0.5) is 5.69 Å². The smallest absolute Gasteiger partial charge is 0.255 e. The average Bonchev–Trinajstić information content (AvgIpc) is 3.11. The van der Waals surface area contributed by atoms with Gasteiger partial charge in [-0.1, -0.05) is 41.9 Å². The molecule has 2 aliphatic heterocycles. The van der Waals surface area contributed by atoms with E-state index in [2.05, 4.69) is 45.7 Å². The molecule has 0 aliphatic carbocycles.